The third-order valence-corrected chi connectivity index (χ3v) is 7.52. The number of nitrogens with zero attached hydrogens (tertiary/aromatic N) is 1. The smallest absolute Gasteiger partial charge is 0.308 e. The normalized spacial score (nSPS) is 12.2. The molecule has 0 aliphatic carbocycles. The van der Waals surface area contributed by atoms with E-state index in [1.165, 1.54) is 43.5 Å². The van der Waals surface area contributed by atoms with Gasteiger partial charge < -0.3 is 10.6 Å². The first-order valence-electron chi connectivity index (χ1n) is 10.9. The highest BCUT2D eigenvalue weighted by atomic mass is 32.2. The van der Waals surface area contributed by atoms with E-state index in [0.717, 1.165) is 4.72 Å². The van der Waals surface area contributed by atoms with E-state index in [1.54, 1.807) is 12.1 Å². The van der Waals surface area contributed by atoms with Gasteiger partial charge in [-0.1, -0.05) is 26.0 Å². The summed E-state index contributed by atoms with van der Waals surface area (Å²) >= 11 is 1.23. The van der Waals surface area contributed by atoms with Crippen molar-refractivity contribution in [2.24, 2.45) is 5.41 Å². The number of alkyl halides is 3. The van der Waals surface area contributed by atoms with Gasteiger partial charge in [-0.3, -0.25) is 4.79 Å². The largest absolute Gasteiger partial charge is 0.516 e. The summed E-state index contributed by atoms with van der Waals surface area (Å²) in [5, 5.41) is 5.03. The molecule has 0 bridgehead atoms. The Labute approximate surface area is 222 Å². The Balaban J connectivity index is 1.58. The molecule has 16 heteroatoms. The first kappa shape index (κ1) is 29.9. The summed E-state index contributed by atoms with van der Waals surface area (Å²) in [6.07, 6.45) is 1.72. The van der Waals surface area contributed by atoms with E-state index in [-0.39, 0.29) is 12.8 Å². The number of thiazole rings is 1. The van der Waals surface area contributed by atoms with Gasteiger partial charge in [-0.25, -0.2) is 27.7 Å². The lowest BCUT2D eigenvalue weighted by Crippen LogP contribution is -2.46. The van der Waals surface area contributed by atoms with Gasteiger partial charge in [0, 0.05) is 35.9 Å². The SMILES string of the molecule is CC(C)(CCc1ncc(-c2ccc(NC(=O)Nc3cc(F)c(F)cc3F)cc2)s1)C(=O)NS(=O)(=O)C(F)(F)F. The summed E-state index contributed by atoms with van der Waals surface area (Å²) in [7, 11) is -5.82. The minimum Gasteiger partial charge on any atom is -0.308 e. The van der Waals surface area contributed by atoms with Crippen molar-refractivity contribution in [3.8, 4) is 10.4 Å². The van der Waals surface area contributed by atoms with Gasteiger partial charge in [0.15, 0.2) is 11.6 Å². The van der Waals surface area contributed by atoms with Crippen molar-refractivity contribution in [3.05, 3.63) is 65.1 Å². The highest BCUT2D eigenvalue weighted by molar-refractivity contribution is 7.90. The molecule has 3 amide bonds. The monoisotopic (exact) mass is 594 g/mol. The fourth-order valence-corrected chi connectivity index (χ4v) is 4.59. The van der Waals surface area contributed by atoms with E-state index in [2.05, 4.69) is 15.6 Å². The van der Waals surface area contributed by atoms with E-state index >= 15 is 0 Å². The number of carbonyl (C=O) groups is 2. The van der Waals surface area contributed by atoms with Gasteiger partial charge in [-0.05, 0) is 24.1 Å². The van der Waals surface area contributed by atoms with E-state index in [9.17, 15) is 44.3 Å². The number of benzene rings is 2. The van der Waals surface area contributed by atoms with Crippen LogP contribution < -0.4 is 15.4 Å². The minimum absolute atomic E-state index is 0.00961. The number of aromatic nitrogens is 1. The van der Waals surface area contributed by atoms with Crippen LogP contribution in [0.1, 0.15) is 25.3 Å². The van der Waals surface area contributed by atoms with Crippen molar-refractivity contribution < 1.29 is 44.3 Å². The Morgan fingerprint density at radius 1 is 0.949 bits per heavy atom. The van der Waals surface area contributed by atoms with Crippen LogP contribution in [0.25, 0.3) is 10.4 Å². The summed E-state index contributed by atoms with van der Waals surface area (Å²) in [4.78, 5) is 29.1. The van der Waals surface area contributed by atoms with Crippen LogP contribution in [0.5, 0.6) is 0 Å². The molecule has 0 saturated heterocycles. The lowest BCUT2D eigenvalue weighted by atomic mass is 9.87. The van der Waals surface area contributed by atoms with Gasteiger partial charge in [0.05, 0.1) is 15.6 Å². The number of rotatable bonds is 8. The fourth-order valence-electron chi connectivity index (χ4n) is 3.03. The summed E-state index contributed by atoms with van der Waals surface area (Å²) in [6, 6.07) is 6.20. The number of aryl methyl sites for hydroxylation is 1. The lowest BCUT2D eigenvalue weighted by molar-refractivity contribution is -0.128. The molecule has 39 heavy (non-hydrogen) atoms. The summed E-state index contributed by atoms with van der Waals surface area (Å²) in [5.41, 5.74) is -6.63. The second-order valence-corrected chi connectivity index (χ2v) is 11.6. The number of hydrogen-bond acceptors (Lipinski definition) is 6. The molecule has 1 heterocycles. The Morgan fingerprint density at radius 3 is 2.18 bits per heavy atom. The number of halogens is 6. The Hall–Kier alpha value is -3.66. The second kappa shape index (κ2) is 11.2. The number of nitrogens with one attached hydrogen (secondary N) is 3. The quantitative estimate of drug-likeness (QED) is 0.225. The standard InChI is InChI=1S/C23H20F6N4O4S2/c1-22(2,20(34)33-39(36,37)23(27,28)29)8-7-19-30-11-18(38-19)12-3-5-13(6-4-12)31-21(35)32-17-10-15(25)14(24)9-16(17)26/h3-6,9-11H,7-8H2,1-2H3,(H,33,34)(H2,31,32,35). The van der Waals surface area contributed by atoms with Gasteiger partial charge in [0.25, 0.3) is 0 Å². The molecular formula is C23H20F6N4O4S2. The number of amides is 3. The van der Waals surface area contributed by atoms with Crippen LogP contribution in [0.3, 0.4) is 0 Å². The maximum absolute atomic E-state index is 13.7. The molecular weight excluding hydrogens is 574 g/mol. The summed E-state index contributed by atoms with van der Waals surface area (Å²) in [6.45, 7) is 2.62. The Morgan fingerprint density at radius 2 is 1.56 bits per heavy atom. The molecule has 3 aromatic rings. The maximum atomic E-state index is 13.7. The highest BCUT2D eigenvalue weighted by Crippen LogP contribution is 2.31. The molecule has 0 atom stereocenters. The van der Waals surface area contributed by atoms with Crippen molar-refractivity contribution in [1.82, 2.24) is 9.71 Å². The van der Waals surface area contributed by atoms with Gasteiger partial charge >= 0.3 is 21.6 Å². The molecule has 3 N–H and O–H groups in total. The fraction of sp³-hybridized carbons (Fsp3) is 0.261. The summed E-state index contributed by atoms with van der Waals surface area (Å²) in [5.74, 6) is -5.18. The van der Waals surface area contributed by atoms with Crippen LogP contribution in [0.15, 0.2) is 42.6 Å². The Bertz CT molecular complexity index is 1490. The van der Waals surface area contributed by atoms with Crippen molar-refractivity contribution in [2.75, 3.05) is 10.6 Å². The van der Waals surface area contributed by atoms with Crippen LogP contribution >= 0.6 is 11.3 Å². The molecule has 2 aromatic carbocycles. The van der Waals surface area contributed by atoms with E-state index in [4.69, 9.17) is 0 Å². The van der Waals surface area contributed by atoms with Crippen molar-refractivity contribution in [2.45, 2.75) is 32.2 Å². The zero-order valence-corrected chi connectivity index (χ0v) is 21.8. The number of anilines is 2. The van der Waals surface area contributed by atoms with Crippen LogP contribution in [0, 0.1) is 22.9 Å². The Kier molecular flexibility index (Phi) is 8.60. The van der Waals surface area contributed by atoms with Gasteiger partial charge in [-0.2, -0.15) is 21.6 Å². The van der Waals surface area contributed by atoms with Crippen LogP contribution in [-0.4, -0.2) is 30.8 Å². The highest BCUT2D eigenvalue weighted by Gasteiger charge is 2.48. The number of hydrogen-bond donors (Lipinski definition) is 3. The molecule has 0 unspecified atom stereocenters. The number of carbonyl (C=O) groups excluding carboxylic acids is 2. The molecule has 0 spiro atoms. The predicted molar refractivity (Wildman–Crippen MR) is 132 cm³/mol. The average Bonchev–Trinajstić information content (AvgIpc) is 3.30. The van der Waals surface area contributed by atoms with Crippen LogP contribution in [0.2, 0.25) is 0 Å². The molecule has 3 rings (SSSR count). The summed E-state index contributed by atoms with van der Waals surface area (Å²) < 4.78 is 101. The zero-order valence-electron chi connectivity index (χ0n) is 20.1. The molecule has 210 valence electrons. The maximum Gasteiger partial charge on any atom is 0.516 e. The average molecular weight is 595 g/mol. The number of sulfonamides is 1. The number of urea groups is 1. The molecule has 0 aliphatic heterocycles. The van der Waals surface area contributed by atoms with Gasteiger partial charge in [0.1, 0.15) is 5.82 Å². The molecule has 0 aliphatic rings. The van der Waals surface area contributed by atoms with E-state index < -0.39 is 56.0 Å². The molecule has 0 radical (unpaired) electrons. The lowest BCUT2D eigenvalue weighted by Gasteiger charge is -2.23. The van der Waals surface area contributed by atoms with Crippen molar-refractivity contribution in [3.63, 3.8) is 0 Å². The van der Waals surface area contributed by atoms with Gasteiger partial charge in [0.2, 0.25) is 5.91 Å². The topological polar surface area (TPSA) is 117 Å². The van der Waals surface area contributed by atoms with E-state index in [1.807, 2.05) is 0 Å². The third-order valence-electron chi connectivity index (χ3n) is 5.35. The molecule has 8 nitrogen and oxygen atoms in total. The third kappa shape index (κ3) is 7.47. The first-order valence-corrected chi connectivity index (χ1v) is 13.2. The van der Waals surface area contributed by atoms with Crippen molar-refractivity contribution >= 4 is 44.7 Å². The molecule has 0 saturated carbocycles. The van der Waals surface area contributed by atoms with Crippen molar-refractivity contribution in [1.29, 1.82) is 0 Å². The first-order chi connectivity index (χ1) is 18.0. The second-order valence-electron chi connectivity index (χ2n) is 8.79. The van der Waals surface area contributed by atoms with Crippen LogP contribution in [-0.2, 0) is 21.2 Å². The molecule has 0 fully saturated rings. The zero-order chi connectivity index (χ0) is 29.2. The predicted octanol–water partition coefficient (Wildman–Crippen LogP) is 5.80. The van der Waals surface area contributed by atoms with Gasteiger partial charge in [-0.15, -0.1) is 11.3 Å². The van der Waals surface area contributed by atoms with E-state index in [0.29, 0.717) is 33.3 Å². The minimum atomic E-state index is -5.82. The molecule has 1 aromatic heterocycles. The van der Waals surface area contributed by atoms with Crippen LogP contribution in [0.4, 0.5) is 42.5 Å².